The summed E-state index contributed by atoms with van der Waals surface area (Å²) < 4.78 is 1.00. The number of carbonyl (C=O) groups is 1. The molecule has 4 heteroatoms. The maximum atomic E-state index is 11.3. The topological polar surface area (TPSA) is 53.1 Å². The summed E-state index contributed by atoms with van der Waals surface area (Å²) in [6.45, 7) is 2.10. The Labute approximate surface area is 137 Å². The van der Waals surface area contributed by atoms with E-state index in [-0.39, 0.29) is 6.42 Å². The number of aromatic nitrogens is 1. The third kappa shape index (κ3) is 2.79. The Balaban J connectivity index is 2.23. The zero-order chi connectivity index (χ0) is 15.7. The summed E-state index contributed by atoms with van der Waals surface area (Å²) in [6, 6.07) is 14.1. The molecule has 0 atom stereocenters. The highest BCUT2D eigenvalue weighted by Gasteiger charge is 2.16. The van der Waals surface area contributed by atoms with Crippen molar-refractivity contribution in [2.45, 2.75) is 19.8 Å². The Bertz CT molecular complexity index is 834. The molecule has 0 saturated heterocycles. The summed E-state index contributed by atoms with van der Waals surface area (Å²) in [5.41, 5.74) is 4.92. The fraction of sp³-hybridized carbons (Fsp3) is 0.167. The quantitative estimate of drug-likeness (QED) is 0.705. The van der Waals surface area contributed by atoms with E-state index in [2.05, 4.69) is 40.0 Å². The van der Waals surface area contributed by atoms with E-state index in [1.165, 1.54) is 5.56 Å². The number of aliphatic carboxylic acids is 1. The Kier molecular flexibility index (Phi) is 4.03. The zero-order valence-corrected chi connectivity index (χ0v) is 13.8. The van der Waals surface area contributed by atoms with Gasteiger partial charge < -0.3 is 10.1 Å². The molecule has 1 aromatic heterocycles. The minimum atomic E-state index is -0.818. The van der Waals surface area contributed by atoms with Crippen LogP contribution in [0.5, 0.6) is 0 Å². The van der Waals surface area contributed by atoms with Gasteiger partial charge in [0, 0.05) is 15.4 Å². The zero-order valence-electron chi connectivity index (χ0n) is 12.2. The Hall–Kier alpha value is -2.07. The van der Waals surface area contributed by atoms with Crippen molar-refractivity contribution < 1.29 is 9.90 Å². The van der Waals surface area contributed by atoms with Crippen molar-refractivity contribution in [1.29, 1.82) is 0 Å². The van der Waals surface area contributed by atoms with E-state index in [1.807, 2.05) is 30.3 Å². The summed E-state index contributed by atoms with van der Waals surface area (Å²) in [5, 5.41) is 10.3. The third-order valence-electron chi connectivity index (χ3n) is 3.84. The number of H-pyrrole nitrogens is 1. The smallest absolute Gasteiger partial charge is 0.307 e. The van der Waals surface area contributed by atoms with Gasteiger partial charge in [-0.2, -0.15) is 0 Å². The second kappa shape index (κ2) is 5.97. The predicted octanol–water partition coefficient (Wildman–Crippen LogP) is 4.79. The van der Waals surface area contributed by atoms with Gasteiger partial charge in [-0.15, -0.1) is 0 Å². The minimum Gasteiger partial charge on any atom is -0.481 e. The Morgan fingerprint density at radius 1 is 1.18 bits per heavy atom. The van der Waals surface area contributed by atoms with Crippen molar-refractivity contribution in [3.8, 4) is 11.3 Å². The number of benzene rings is 2. The normalized spacial score (nSPS) is 11.0. The lowest BCUT2D eigenvalue weighted by molar-refractivity contribution is -0.136. The molecule has 0 saturated carbocycles. The fourth-order valence-corrected chi connectivity index (χ4v) is 2.98. The fourth-order valence-electron chi connectivity index (χ4n) is 2.71. The van der Waals surface area contributed by atoms with Gasteiger partial charge in [0.05, 0.1) is 12.1 Å². The van der Waals surface area contributed by atoms with Crippen LogP contribution in [-0.4, -0.2) is 16.1 Å². The lowest BCUT2D eigenvalue weighted by Gasteiger charge is -2.04. The monoisotopic (exact) mass is 357 g/mol. The number of nitrogens with one attached hydrogen (secondary N) is 1. The molecule has 2 N–H and O–H groups in total. The molecule has 0 unspecified atom stereocenters. The van der Waals surface area contributed by atoms with Gasteiger partial charge in [-0.25, -0.2) is 0 Å². The van der Waals surface area contributed by atoms with E-state index in [0.717, 1.165) is 38.6 Å². The first-order valence-corrected chi connectivity index (χ1v) is 7.99. The van der Waals surface area contributed by atoms with Gasteiger partial charge in [0.25, 0.3) is 0 Å². The maximum Gasteiger partial charge on any atom is 0.307 e. The van der Waals surface area contributed by atoms with Gasteiger partial charge in [0.1, 0.15) is 0 Å². The van der Waals surface area contributed by atoms with Crippen LogP contribution in [0.3, 0.4) is 0 Å². The Morgan fingerprint density at radius 3 is 2.55 bits per heavy atom. The second-order valence-electron chi connectivity index (χ2n) is 5.29. The summed E-state index contributed by atoms with van der Waals surface area (Å²) in [5.74, 6) is -0.818. The molecule has 0 aliphatic carbocycles. The van der Waals surface area contributed by atoms with Crippen LogP contribution in [0.15, 0.2) is 46.9 Å². The molecule has 0 aliphatic heterocycles. The van der Waals surface area contributed by atoms with Gasteiger partial charge in [-0.05, 0) is 47.4 Å². The van der Waals surface area contributed by atoms with E-state index in [9.17, 15) is 9.90 Å². The van der Waals surface area contributed by atoms with Gasteiger partial charge >= 0.3 is 5.97 Å². The third-order valence-corrected chi connectivity index (χ3v) is 4.37. The van der Waals surface area contributed by atoms with Crippen LogP contribution in [0.2, 0.25) is 0 Å². The lowest BCUT2D eigenvalue weighted by atomic mass is 10.0. The first kappa shape index (κ1) is 14.9. The summed E-state index contributed by atoms with van der Waals surface area (Å²) >= 11 is 3.43. The van der Waals surface area contributed by atoms with E-state index < -0.39 is 5.97 Å². The summed E-state index contributed by atoms with van der Waals surface area (Å²) in [7, 11) is 0. The molecule has 22 heavy (non-hydrogen) atoms. The van der Waals surface area contributed by atoms with E-state index in [4.69, 9.17) is 0 Å². The van der Waals surface area contributed by atoms with Crippen LogP contribution in [0.1, 0.15) is 18.1 Å². The molecule has 0 bridgehead atoms. The van der Waals surface area contributed by atoms with Crippen LogP contribution in [-0.2, 0) is 17.6 Å². The molecule has 0 radical (unpaired) electrons. The summed E-state index contributed by atoms with van der Waals surface area (Å²) in [6.07, 6.45) is 0.944. The number of rotatable bonds is 4. The molecular weight excluding hydrogens is 342 g/mol. The number of aryl methyl sites for hydroxylation is 1. The molecule has 1 heterocycles. The van der Waals surface area contributed by atoms with Crippen LogP contribution in [0.4, 0.5) is 0 Å². The van der Waals surface area contributed by atoms with Crippen molar-refractivity contribution in [2.75, 3.05) is 0 Å². The van der Waals surface area contributed by atoms with Crippen LogP contribution < -0.4 is 0 Å². The van der Waals surface area contributed by atoms with Gasteiger partial charge in [0.2, 0.25) is 0 Å². The Morgan fingerprint density at radius 2 is 1.91 bits per heavy atom. The molecule has 0 fully saturated rings. The molecular formula is C18H16BrNO2. The van der Waals surface area contributed by atoms with Crippen LogP contribution >= 0.6 is 15.9 Å². The highest BCUT2D eigenvalue weighted by Crippen LogP contribution is 2.32. The number of halogens is 1. The van der Waals surface area contributed by atoms with E-state index in [1.54, 1.807) is 0 Å². The molecule has 3 aromatic rings. The van der Waals surface area contributed by atoms with E-state index in [0.29, 0.717) is 0 Å². The molecule has 0 aliphatic rings. The van der Waals surface area contributed by atoms with Crippen molar-refractivity contribution in [3.63, 3.8) is 0 Å². The highest BCUT2D eigenvalue weighted by molar-refractivity contribution is 9.10. The number of carboxylic acids is 1. The minimum absolute atomic E-state index is 0.0125. The number of hydrogen-bond donors (Lipinski definition) is 2. The van der Waals surface area contributed by atoms with Crippen molar-refractivity contribution in [2.24, 2.45) is 0 Å². The van der Waals surface area contributed by atoms with E-state index >= 15 is 0 Å². The SMILES string of the molecule is CCc1ccc2[nH]c(-c3ccc(Br)cc3)c(CC(=O)O)c2c1. The second-order valence-corrected chi connectivity index (χ2v) is 6.21. The number of carboxylic acid groups (broad SMARTS) is 1. The van der Waals surface area contributed by atoms with Gasteiger partial charge in [0.15, 0.2) is 0 Å². The van der Waals surface area contributed by atoms with Gasteiger partial charge in [-0.3, -0.25) is 4.79 Å². The molecule has 112 valence electrons. The van der Waals surface area contributed by atoms with Crippen molar-refractivity contribution in [1.82, 2.24) is 4.98 Å². The van der Waals surface area contributed by atoms with Crippen molar-refractivity contribution in [3.05, 3.63) is 58.1 Å². The van der Waals surface area contributed by atoms with Crippen LogP contribution in [0, 0.1) is 0 Å². The number of hydrogen-bond acceptors (Lipinski definition) is 1. The average molecular weight is 358 g/mol. The summed E-state index contributed by atoms with van der Waals surface area (Å²) in [4.78, 5) is 14.7. The molecule has 3 nitrogen and oxygen atoms in total. The standard InChI is InChI=1S/C18H16BrNO2/c1-2-11-3-8-16-14(9-11)15(10-17(21)22)18(20-16)12-4-6-13(19)7-5-12/h3-9,20H,2,10H2,1H3,(H,21,22). The highest BCUT2D eigenvalue weighted by atomic mass is 79.9. The number of fused-ring (bicyclic) bond motifs is 1. The molecule has 0 amide bonds. The first-order valence-electron chi connectivity index (χ1n) is 7.19. The van der Waals surface area contributed by atoms with Gasteiger partial charge in [-0.1, -0.05) is 41.1 Å². The lowest BCUT2D eigenvalue weighted by Crippen LogP contribution is -2.01. The largest absolute Gasteiger partial charge is 0.481 e. The maximum absolute atomic E-state index is 11.3. The number of aromatic amines is 1. The molecule has 0 spiro atoms. The van der Waals surface area contributed by atoms with Crippen molar-refractivity contribution >= 4 is 32.8 Å². The predicted molar refractivity (Wildman–Crippen MR) is 92.2 cm³/mol. The molecule has 2 aromatic carbocycles. The average Bonchev–Trinajstić information content (AvgIpc) is 2.85. The van der Waals surface area contributed by atoms with Crippen LogP contribution in [0.25, 0.3) is 22.2 Å². The first-order chi connectivity index (χ1) is 10.6. The molecule has 3 rings (SSSR count).